The number of nitrogens with one attached hydrogen (secondary N) is 1. The molecule has 2 heterocycles. The van der Waals surface area contributed by atoms with Crippen molar-refractivity contribution < 1.29 is 4.90 Å². The lowest BCUT2D eigenvalue weighted by molar-refractivity contribution is -0.834. The van der Waals surface area contributed by atoms with Gasteiger partial charge in [0.05, 0.1) is 12.3 Å². The van der Waals surface area contributed by atoms with Gasteiger partial charge in [-0.3, -0.25) is 4.90 Å². The number of aliphatic imine (C=N–C) groups is 1. The second-order valence-corrected chi connectivity index (χ2v) is 6.36. The molecule has 1 aromatic carbocycles. The van der Waals surface area contributed by atoms with Crippen molar-refractivity contribution >= 4 is 17.1 Å². The first-order chi connectivity index (χ1) is 9.43. The van der Waals surface area contributed by atoms with Crippen LogP contribution in [0.1, 0.15) is 44.9 Å². The Morgan fingerprint density at radius 3 is 2.68 bits per heavy atom. The van der Waals surface area contributed by atoms with Crippen LogP contribution in [0.5, 0.6) is 0 Å². The van der Waals surface area contributed by atoms with E-state index in [2.05, 4.69) is 24.3 Å². The zero-order valence-corrected chi connectivity index (χ0v) is 11.6. The molecule has 0 aromatic heterocycles. The highest BCUT2D eigenvalue weighted by atomic mass is 15.2. The molecule has 100 valence electrons. The maximum absolute atomic E-state index is 5.11. The van der Waals surface area contributed by atoms with Crippen LogP contribution in [0.2, 0.25) is 0 Å². The molecule has 2 aliphatic heterocycles. The summed E-state index contributed by atoms with van der Waals surface area (Å²) in [5.74, 6) is 0.778. The van der Waals surface area contributed by atoms with Crippen molar-refractivity contribution in [3.05, 3.63) is 24.3 Å². The summed E-state index contributed by atoms with van der Waals surface area (Å²) in [4.78, 5) is 6.81. The van der Waals surface area contributed by atoms with Gasteiger partial charge in [0.1, 0.15) is 11.7 Å². The smallest absolute Gasteiger partial charge is 0.157 e. The minimum atomic E-state index is 0.693. The van der Waals surface area contributed by atoms with Crippen molar-refractivity contribution in [1.82, 2.24) is 0 Å². The summed E-state index contributed by atoms with van der Waals surface area (Å²) in [5, 5.41) is 0. The number of para-hydroxylation sites is 2. The Bertz CT molecular complexity index is 500. The molecule has 2 atom stereocenters. The van der Waals surface area contributed by atoms with Gasteiger partial charge in [0, 0.05) is 24.8 Å². The van der Waals surface area contributed by atoms with E-state index in [0.717, 1.165) is 5.92 Å². The van der Waals surface area contributed by atoms with Gasteiger partial charge in [-0.1, -0.05) is 31.4 Å². The predicted octanol–water partition coefficient (Wildman–Crippen LogP) is 3.03. The minimum absolute atomic E-state index is 0.693. The highest BCUT2D eigenvalue weighted by Gasteiger charge is 2.41. The van der Waals surface area contributed by atoms with E-state index in [-0.39, 0.29) is 0 Å². The Morgan fingerprint density at radius 2 is 1.79 bits per heavy atom. The minimum Gasteiger partial charge on any atom is -0.293 e. The molecule has 0 spiro atoms. The van der Waals surface area contributed by atoms with Crippen molar-refractivity contribution in [3.8, 4) is 0 Å². The highest BCUT2D eigenvalue weighted by Crippen LogP contribution is 2.33. The standard InChI is InChI=1S/C17H22N2/c1-2-7-13(8-3-1)17-16-11-6-12-19(16)15-10-5-4-9-14(15)18-17/h4-5,9-10,13,16H,1-3,6-8,11-12H2/p+1. The van der Waals surface area contributed by atoms with E-state index < -0.39 is 0 Å². The van der Waals surface area contributed by atoms with E-state index in [0.29, 0.717) is 6.04 Å². The van der Waals surface area contributed by atoms with Gasteiger partial charge in [-0.05, 0) is 18.9 Å². The maximum Gasteiger partial charge on any atom is 0.157 e. The van der Waals surface area contributed by atoms with Crippen LogP contribution in [0.25, 0.3) is 0 Å². The van der Waals surface area contributed by atoms with Crippen LogP contribution in [0.3, 0.4) is 0 Å². The fourth-order valence-corrected chi connectivity index (χ4v) is 4.33. The second kappa shape index (κ2) is 4.75. The fraction of sp³-hybridized carbons (Fsp3) is 0.588. The third kappa shape index (κ3) is 1.93. The van der Waals surface area contributed by atoms with Gasteiger partial charge in [-0.15, -0.1) is 0 Å². The van der Waals surface area contributed by atoms with Crippen molar-refractivity contribution in [1.29, 1.82) is 0 Å². The van der Waals surface area contributed by atoms with E-state index >= 15 is 0 Å². The summed E-state index contributed by atoms with van der Waals surface area (Å²) in [6.45, 7) is 1.30. The number of hydrogen-bond acceptors (Lipinski definition) is 1. The lowest BCUT2D eigenvalue weighted by Crippen LogP contribution is -3.10. The van der Waals surface area contributed by atoms with Gasteiger partial charge in [-0.25, -0.2) is 4.99 Å². The molecule has 1 saturated heterocycles. The van der Waals surface area contributed by atoms with Crippen LogP contribution in [0.15, 0.2) is 29.3 Å². The molecule has 0 amide bonds. The lowest BCUT2D eigenvalue weighted by Gasteiger charge is -2.33. The molecule has 1 N–H and O–H groups in total. The van der Waals surface area contributed by atoms with E-state index in [1.807, 2.05) is 0 Å². The van der Waals surface area contributed by atoms with Gasteiger partial charge in [0.15, 0.2) is 5.69 Å². The van der Waals surface area contributed by atoms with Crippen molar-refractivity contribution in [2.24, 2.45) is 10.9 Å². The molecule has 0 bridgehead atoms. The first-order valence-corrected chi connectivity index (χ1v) is 7.97. The number of rotatable bonds is 1. The zero-order valence-electron chi connectivity index (χ0n) is 11.6. The Balaban J connectivity index is 1.75. The number of quaternary nitrogens is 1. The molecule has 2 heteroatoms. The Labute approximate surface area is 115 Å². The lowest BCUT2D eigenvalue weighted by atomic mass is 9.82. The van der Waals surface area contributed by atoms with Gasteiger partial charge in [0.25, 0.3) is 0 Å². The maximum atomic E-state index is 5.11. The number of nitrogens with zero attached hydrogens (tertiary/aromatic N) is 1. The SMILES string of the molecule is c1ccc2c(c1)N=C(C1CCCCC1)C1CCC[NH+]21. The molecule has 2 fully saturated rings. The molecule has 0 radical (unpaired) electrons. The summed E-state index contributed by atoms with van der Waals surface area (Å²) in [6, 6.07) is 9.49. The zero-order chi connectivity index (χ0) is 12.7. The van der Waals surface area contributed by atoms with Gasteiger partial charge in [-0.2, -0.15) is 0 Å². The summed E-state index contributed by atoms with van der Waals surface area (Å²) >= 11 is 0. The number of benzene rings is 1. The van der Waals surface area contributed by atoms with E-state index in [4.69, 9.17) is 4.99 Å². The highest BCUT2D eigenvalue weighted by molar-refractivity contribution is 5.95. The van der Waals surface area contributed by atoms with E-state index in [1.54, 1.807) is 10.6 Å². The van der Waals surface area contributed by atoms with Crippen molar-refractivity contribution in [2.75, 3.05) is 6.54 Å². The number of fused-ring (bicyclic) bond motifs is 3. The van der Waals surface area contributed by atoms with Gasteiger partial charge in [0.2, 0.25) is 0 Å². The Hall–Kier alpha value is -1.15. The largest absolute Gasteiger partial charge is 0.293 e. The van der Waals surface area contributed by atoms with E-state index in [1.165, 1.54) is 62.9 Å². The van der Waals surface area contributed by atoms with Crippen LogP contribution in [-0.4, -0.2) is 18.3 Å². The molecular weight excluding hydrogens is 232 g/mol. The quantitative estimate of drug-likeness (QED) is 0.794. The average molecular weight is 255 g/mol. The van der Waals surface area contributed by atoms with Crippen molar-refractivity contribution in [2.45, 2.75) is 51.0 Å². The monoisotopic (exact) mass is 255 g/mol. The summed E-state index contributed by atoms with van der Waals surface area (Å²) in [5.41, 5.74) is 4.24. The van der Waals surface area contributed by atoms with Crippen molar-refractivity contribution in [3.63, 3.8) is 0 Å². The third-order valence-electron chi connectivity index (χ3n) is 5.24. The Morgan fingerprint density at radius 1 is 0.947 bits per heavy atom. The molecule has 2 nitrogen and oxygen atoms in total. The molecule has 1 aromatic rings. The second-order valence-electron chi connectivity index (χ2n) is 6.36. The van der Waals surface area contributed by atoms with Crippen LogP contribution >= 0.6 is 0 Å². The normalized spacial score (nSPS) is 30.6. The average Bonchev–Trinajstić information content (AvgIpc) is 2.97. The predicted molar refractivity (Wildman–Crippen MR) is 78.6 cm³/mol. The summed E-state index contributed by atoms with van der Waals surface area (Å²) in [6.07, 6.45) is 9.72. The van der Waals surface area contributed by atoms with Crippen LogP contribution in [-0.2, 0) is 0 Å². The van der Waals surface area contributed by atoms with Crippen LogP contribution in [0, 0.1) is 5.92 Å². The van der Waals surface area contributed by atoms with E-state index in [9.17, 15) is 0 Å². The van der Waals surface area contributed by atoms with Gasteiger partial charge < -0.3 is 0 Å². The van der Waals surface area contributed by atoms with Crippen LogP contribution < -0.4 is 4.90 Å². The first kappa shape index (κ1) is 11.7. The first-order valence-electron chi connectivity index (χ1n) is 7.97. The fourth-order valence-electron chi connectivity index (χ4n) is 4.33. The molecule has 1 aliphatic carbocycles. The molecular formula is C17H23N2+. The molecule has 2 unspecified atom stereocenters. The summed E-state index contributed by atoms with van der Waals surface area (Å²) < 4.78 is 0. The molecule has 19 heavy (non-hydrogen) atoms. The molecule has 1 saturated carbocycles. The van der Waals surface area contributed by atoms with Crippen LogP contribution in [0.4, 0.5) is 11.4 Å². The molecule has 4 rings (SSSR count). The summed E-state index contributed by atoms with van der Waals surface area (Å²) in [7, 11) is 0. The molecule has 3 aliphatic rings. The van der Waals surface area contributed by atoms with Gasteiger partial charge >= 0.3 is 0 Å². The topological polar surface area (TPSA) is 16.8 Å². The Kier molecular flexibility index (Phi) is 2.92. The number of hydrogen-bond donors (Lipinski definition) is 1. The third-order valence-corrected chi connectivity index (χ3v) is 5.24.